The molecular formula is C14H13BrO. The van der Waals surface area contributed by atoms with Crippen molar-refractivity contribution >= 4 is 26.7 Å². The van der Waals surface area contributed by atoms with E-state index >= 15 is 0 Å². The number of rotatable bonds is 2. The molecule has 0 heterocycles. The van der Waals surface area contributed by atoms with E-state index in [0.717, 1.165) is 17.3 Å². The molecule has 2 aromatic carbocycles. The van der Waals surface area contributed by atoms with E-state index in [1.807, 2.05) is 0 Å². The maximum absolute atomic E-state index is 9.42. The van der Waals surface area contributed by atoms with Crippen molar-refractivity contribution in [2.45, 2.75) is 18.3 Å². The maximum atomic E-state index is 9.42. The predicted octanol–water partition coefficient (Wildman–Crippen LogP) is 3.63. The molecule has 0 aliphatic heterocycles. The van der Waals surface area contributed by atoms with Crippen LogP contribution < -0.4 is 0 Å². The van der Waals surface area contributed by atoms with Crippen molar-refractivity contribution < 1.29 is 5.11 Å². The Bertz CT molecular complexity index is 543. The minimum absolute atomic E-state index is 0.0707. The van der Waals surface area contributed by atoms with Gasteiger partial charge >= 0.3 is 0 Å². The molecule has 1 nitrogen and oxygen atoms in total. The molecule has 2 heteroatoms. The Balaban J connectivity index is 2.13. The highest BCUT2D eigenvalue weighted by atomic mass is 79.9. The van der Waals surface area contributed by atoms with Crippen LogP contribution in [0, 0.1) is 0 Å². The standard InChI is InChI=1S/C14H13BrO/c15-13-4-2-10-7-12(3-1-11(10)8-13)14(9-16)5-6-14/h1-4,7-8,16H,5-6,9H2. The summed E-state index contributed by atoms with van der Waals surface area (Å²) in [6, 6.07) is 12.8. The van der Waals surface area contributed by atoms with Gasteiger partial charge in [-0.1, -0.05) is 40.2 Å². The lowest BCUT2D eigenvalue weighted by atomic mass is 9.94. The molecule has 0 atom stereocenters. The van der Waals surface area contributed by atoms with E-state index in [9.17, 15) is 5.11 Å². The Kier molecular flexibility index (Phi) is 2.30. The van der Waals surface area contributed by atoms with Gasteiger partial charge in [0.1, 0.15) is 0 Å². The van der Waals surface area contributed by atoms with Gasteiger partial charge in [-0.25, -0.2) is 0 Å². The van der Waals surface area contributed by atoms with Gasteiger partial charge in [0.15, 0.2) is 0 Å². The molecule has 2 aromatic rings. The molecule has 0 amide bonds. The highest BCUT2D eigenvalue weighted by molar-refractivity contribution is 9.10. The first-order valence-corrected chi connectivity index (χ1v) is 6.33. The zero-order valence-corrected chi connectivity index (χ0v) is 10.5. The molecule has 0 spiro atoms. The lowest BCUT2D eigenvalue weighted by Crippen LogP contribution is -2.11. The summed E-state index contributed by atoms with van der Waals surface area (Å²) < 4.78 is 1.11. The van der Waals surface area contributed by atoms with Crippen LogP contribution in [0.25, 0.3) is 10.8 Å². The highest BCUT2D eigenvalue weighted by Crippen LogP contribution is 2.48. The molecule has 1 fully saturated rings. The second-order valence-corrected chi connectivity index (χ2v) is 5.56. The zero-order chi connectivity index (χ0) is 11.2. The number of hydrogen-bond donors (Lipinski definition) is 1. The van der Waals surface area contributed by atoms with Gasteiger partial charge < -0.3 is 5.11 Å². The quantitative estimate of drug-likeness (QED) is 0.888. The van der Waals surface area contributed by atoms with Crippen LogP contribution in [0.15, 0.2) is 40.9 Å². The van der Waals surface area contributed by atoms with Gasteiger partial charge in [0, 0.05) is 9.89 Å². The van der Waals surface area contributed by atoms with Crippen molar-refractivity contribution in [3.8, 4) is 0 Å². The van der Waals surface area contributed by atoms with Gasteiger partial charge in [-0.2, -0.15) is 0 Å². The fraction of sp³-hybridized carbons (Fsp3) is 0.286. The van der Waals surface area contributed by atoms with Crippen molar-refractivity contribution in [2.24, 2.45) is 0 Å². The van der Waals surface area contributed by atoms with Crippen LogP contribution in [0.3, 0.4) is 0 Å². The van der Waals surface area contributed by atoms with Gasteiger partial charge in [0.05, 0.1) is 6.61 Å². The van der Waals surface area contributed by atoms with E-state index in [1.54, 1.807) is 0 Å². The second kappa shape index (κ2) is 3.57. The summed E-state index contributed by atoms with van der Waals surface area (Å²) in [6.07, 6.45) is 2.23. The average molecular weight is 277 g/mol. The van der Waals surface area contributed by atoms with Crippen molar-refractivity contribution in [3.63, 3.8) is 0 Å². The predicted molar refractivity (Wildman–Crippen MR) is 69.6 cm³/mol. The number of hydrogen-bond acceptors (Lipinski definition) is 1. The van der Waals surface area contributed by atoms with Gasteiger partial charge in [-0.15, -0.1) is 0 Å². The lowest BCUT2D eigenvalue weighted by Gasteiger charge is -2.12. The second-order valence-electron chi connectivity index (χ2n) is 4.64. The van der Waals surface area contributed by atoms with E-state index in [0.29, 0.717) is 0 Å². The largest absolute Gasteiger partial charge is 0.395 e. The van der Waals surface area contributed by atoms with E-state index in [1.165, 1.54) is 16.3 Å². The maximum Gasteiger partial charge on any atom is 0.0527 e. The number of aliphatic hydroxyl groups is 1. The molecule has 1 saturated carbocycles. The minimum Gasteiger partial charge on any atom is -0.395 e. The summed E-state index contributed by atoms with van der Waals surface area (Å²) in [6.45, 7) is 0.273. The van der Waals surface area contributed by atoms with Crippen molar-refractivity contribution in [3.05, 3.63) is 46.4 Å². The van der Waals surface area contributed by atoms with Gasteiger partial charge in [-0.3, -0.25) is 0 Å². The normalized spacial score (nSPS) is 17.6. The Hall–Kier alpha value is -0.860. The van der Waals surface area contributed by atoms with Crippen LogP contribution in [0.4, 0.5) is 0 Å². The molecule has 82 valence electrons. The molecule has 3 rings (SSSR count). The monoisotopic (exact) mass is 276 g/mol. The van der Waals surface area contributed by atoms with Crippen molar-refractivity contribution in [1.82, 2.24) is 0 Å². The van der Waals surface area contributed by atoms with Crippen LogP contribution in [0.2, 0.25) is 0 Å². The van der Waals surface area contributed by atoms with Gasteiger partial charge in [0.2, 0.25) is 0 Å². The van der Waals surface area contributed by atoms with Crippen LogP contribution >= 0.6 is 15.9 Å². The van der Waals surface area contributed by atoms with E-state index in [4.69, 9.17) is 0 Å². The van der Waals surface area contributed by atoms with Crippen LogP contribution in [-0.2, 0) is 5.41 Å². The summed E-state index contributed by atoms with van der Waals surface area (Å²) in [4.78, 5) is 0. The molecule has 0 bridgehead atoms. The lowest BCUT2D eigenvalue weighted by molar-refractivity contribution is 0.255. The van der Waals surface area contributed by atoms with E-state index in [2.05, 4.69) is 52.3 Å². The Morgan fingerprint density at radius 2 is 1.75 bits per heavy atom. The summed E-state index contributed by atoms with van der Waals surface area (Å²) >= 11 is 3.48. The van der Waals surface area contributed by atoms with Gasteiger partial charge in [0.25, 0.3) is 0 Å². The molecule has 0 saturated heterocycles. The third-order valence-corrected chi connectivity index (χ3v) is 4.06. The number of fused-ring (bicyclic) bond motifs is 1. The molecule has 0 aromatic heterocycles. The molecule has 0 radical (unpaired) electrons. The fourth-order valence-electron chi connectivity index (χ4n) is 2.24. The zero-order valence-electron chi connectivity index (χ0n) is 8.91. The molecule has 16 heavy (non-hydrogen) atoms. The average Bonchev–Trinajstić information content (AvgIpc) is 3.09. The van der Waals surface area contributed by atoms with Gasteiger partial charge in [-0.05, 0) is 41.3 Å². The summed E-state index contributed by atoms with van der Waals surface area (Å²) in [5.41, 5.74) is 1.35. The van der Waals surface area contributed by atoms with Crippen molar-refractivity contribution in [1.29, 1.82) is 0 Å². The Labute approximate surface area is 103 Å². The Morgan fingerprint density at radius 3 is 2.44 bits per heavy atom. The van der Waals surface area contributed by atoms with E-state index in [-0.39, 0.29) is 12.0 Å². The molecule has 1 aliphatic carbocycles. The van der Waals surface area contributed by atoms with Crippen LogP contribution in [0.5, 0.6) is 0 Å². The SMILES string of the molecule is OCC1(c2ccc3cc(Br)ccc3c2)CC1. The van der Waals surface area contributed by atoms with Crippen LogP contribution in [0.1, 0.15) is 18.4 Å². The van der Waals surface area contributed by atoms with E-state index < -0.39 is 0 Å². The first kappa shape index (κ1) is 10.3. The van der Waals surface area contributed by atoms with Crippen LogP contribution in [-0.4, -0.2) is 11.7 Å². The third kappa shape index (κ3) is 1.57. The Morgan fingerprint density at radius 1 is 1.06 bits per heavy atom. The summed E-state index contributed by atoms with van der Waals surface area (Å²) in [5.74, 6) is 0. The first-order valence-electron chi connectivity index (χ1n) is 5.54. The highest BCUT2D eigenvalue weighted by Gasteiger charge is 2.43. The summed E-state index contributed by atoms with van der Waals surface area (Å²) in [5, 5.41) is 11.9. The third-order valence-electron chi connectivity index (χ3n) is 3.57. The molecule has 1 aliphatic rings. The minimum atomic E-state index is 0.0707. The smallest absolute Gasteiger partial charge is 0.0527 e. The van der Waals surface area contributed by atoms with Crippen molar-refractivity contribution in [2.75, 3.05) is 6.61 Å². The number of halogens is 1. The topological polar surface area (TPSA) is 20.2 Å². The molecule has 1 N–H and O–H groups in total. The number of benzene rings is 2. The first-order chi connectivity index (χ1) is 7.73. The number of aliphatic hydroxyl groups excluding tert-OH is 1. The molecule has 0 unspecified atom stereocenters. The fourth-order valence-corrected chi connectivity index (χ4v) is 2.61. The summed E-state index contributed by atoms with van der Waals surface area (Å²) in [7, 11) is 0. The molecular weight excluding hydrogens is 264 g/mol.